The molecule has 1 amide bonds. The largest absolute Gasteiger partial charge is 0.372 e. The number of anilines is 3. The number of rotatable bonds is 7. The normalized spacial score (nSPS) is 16.4. The van der Waals surface area contributed by atoms with E-state index < -0.39 is 0 Å². The van der Waals surface area contributed by atoms with Crippen LogP contribution in [0.25, 0.3) is 0 Å². The van der Waals surface area contributed by atoms with Crippen molar-refractivity contribution in [3.63, 3.8) is 0 Å². The highest BCUT2D eigenvalue weighted by Crippen LogP contribution is 2.24. The molecule has 0 spiro atoms. The van der Waals surface area contributed by atoms with Gasteiger partial charge in [0.15, 0.2) is 0 Å². The molecule has 0 radical (unpaired) electrons. The fourth-order valence-electron chi connectivity index (χ4n) is 4.06. The quantitative estimate of drug-likeness (QED) is 0.650. The molecule has 4 rings (SSSR count). The summed E-state index contributed by atoms with van der Waals surface area (Å²) in [5.74, 6) is -0.108. The van der Waals surface area contributed by atoms with E-state index in [0.717, 1.165) is 30.9 Å². The van der Waals surface area contributed by atoms with Crippen LogP contribution in [-0.2, 0) is 0 Å². The second kappa shape index (κ2) is 9.59. The minimum Gasteiger partial charge on any atom is -0.372 e. The zero-order chi connectivity index (χ0) is 19.9. The summed E-state index contributed by atoms with van der Waals surface area (Å²) in [6.45, 7) is 2.98. The number of amides is 1. The van der Waals surface area contributed by atoms with Crippen LogP contribution < -0.4 is 15.5 Å². The minimum atomic E-state index is -0.108. The summed E-state index contributed by atoms with van der Waals surface area (Å²) in [5.41, 5.74) is 5.11. The Morgan fingerprint density at radius 1 is 0.966 bits per heavy atom. The average Bonchev–Trinajstić information content (AvgIpc) is 3.30. The number of hydrogen-bond acceptors (Lipinski definition) is 4. The van der Waals surface area contributed by atoms with Crippen molar-refractivity contribution in [3.8, 4) is 0 Å². The Kier molecular flexibility index (Phi) is 6.45. The molecule has 0 saturated carbocycles. The van der Waals surface area contributed by atoms with Gasteiger partial charge in [0.2, 0.25) is 0 Å². The molecule has 2 aromatic rings. The molecule has 1 aliphatic heterocycles. The molecule has 2 aliphatic rings. The third-order valence-corrected chi connectivity index (χ3v) is 5.74. The maximum absolute atomic E-state index is 12.3. The van der Waals surface area contributed by atoms with Gasteiger partial charge in [-0.05, 0) is 81.3 Å². The van der Waals surface area contributed by atoms with Crippen molar-refractivity contribution >= 4 is 23.0 Å². The van der Waals surface area contributed by atoms with Gasteiger partial charge in [0.05, 0.1) is 11.9 Å². The molecule has 0 bridgehead atoms. The maximum Gasteiger partial charge on any atom is 0.269 e. The van der Waals surface area contributed by atoms with Crippen molar-refractivity contribution in [1.82, 2.24) is 10.3 Å². The Bertz CT molecular complexity index is 836. The number of benzene rings is 1. The van der Waals surface area contributed by atoms with E-state index in [1.807, 2.05) is 6.07 Å². The zero-order valence-corrected chi connectivity index (χ0v) is 17.0. The lowest BCUT2D eigenvalue weighted by Gasteiger charge is -2.18. The lowest BCUT2D eigenvalue weighted by molar-refractivity contribution is 0.0949. The van der Waals surface area contributed by atoms with Crippen molar-refractivity contribution < 1.29 is 4.79 Å². The van der Waals surface area contributed by atoms with Gasteiger partial charge in [0, 0.05) is 31.0 Å². The van der Waals surface area contributed by atoms with Crippen LogP contribution in [0.3, 0.4) is 0 Å². The maximum atomic E-state index is 12.3. The van der Waals surface area contributed by atoms with Crippen molar-refractivity contribution in [2.45, 2.75) is 44.9 Å². The first-order valence-electron chi connectivity index (χ1n) is 10.8. The molecule has 0 unspecified atom stereocenters. The molecule has 152 valence electrons. The summed E-state index contributed by atoms with van der Waals surface area (Å²) in [7, 11) is 0. The average molecular weight is 391 g/mol. The van der Waals surface area contributed by atoms with Crippen molar-refractivity contribution in [2.24, 2.45) is 0 Å². The molecule has 5 nitrogen and oxygen atoms in total. The van der Waals surface area contributed by atoms with Gasteiger partial charge in [0.1, 0.15) is 5.69 Å². The molecule has 1 aromatic heterocycles. The first-order chi connectivity index (χ1) is 14.3. The Hall–Kier alpha value is -2.82. The Labute approximate surface area is 173 Å². The van der Waals surface area contributed by atoms with E-state index in [0.29, 0.717) is 12.2 Å². The van der Waals surface area contributed by atoms with Gasteiger partial charge in [-0.3, -0.25) is 4.79 Å². The highest BCUT2D eigenvalue weighted by atomic mass is 16.1. The van der Waals surface area contributed by atoms with Gasteiger partial charge in [-0.2, -0.15) is 0 Å². The molecule has 2 N–H and O–H groups in total. The number of nitrogens with zero attached hydrogens (tertiary/aromatic N) is 2. The van der Waals surface area contributed by atoms with E-state index in [1.165, 1.54) is 49.8 Å². The molecular weight excluding hydrogens is 360 g/mol. The van der Waals surface area contributed by atoms with Crippen LogP contribution >= 0.6 is 0 Å². The van der Waals surface area contributed by atoms with Crippen LogP contribution in [0.5, 0.6) is 0 Å². The standard InChI is InChI=1S/C24H30N4O/c29-24(25-15-14-19-6-2-1-3-7-19)23-13-10-21(18-26-23)27-20-8-11-22(12-9-20)28-16-4-5-17-28/h6,8-13,18,27H,1-5,7,14-17H2,(H,25,29). The van der Waals surface area contributed by atoms with E-state index in [1.54, 1.807) is 12.3 Å². The zero-order valence-electron chi connectivity index (χ0n) is 17.0. The molecule has 1 aromatic carbocycles. The molecule has 5 heteroatoms. The molecule has 1 saturated heterocycles. The van der Waals surface area contributed by atoms with Crippen LogP contribution in [-0.4, -0.2) is 30.5 Å². The fraction of sp³-hybridized carbons (Fsp3) is 0.417. The van der Waals surface area contributed by atoms with Gasteiger partial charge in [0.25, 0.3) is 5.91 Å². The highest BCUT2D eigenvalue weighted by molar-refractivity contribution is 5.92. The second-order valence-electron chi connectivity index (χ2n) is 7.91. The predicted molar refractivity (Wildman–Crippen MR) is 119 cm³/mol. The van der Waals surface area contributed by atoms with E-state index in [4.69, 9.17) is 0 Å². The molecule has 1 fully saturated rings. The monoisotopic (exact) mass is 390 g/mol. The molecular formula is C24H30N4O. The summed E-state index contributed by atoms with van der Waals surface area (Å²) >= 11 is 0. The number of nitrogens with one attached hydrogen (secondary N) is 2. The van der Waals surface area contributed by atoms with Crippen molar-refractivity contribution in [2.75, 3.05) is 29.9 Å². The van der Waals surface area contributed by atoms with Crippen LogP contribution in [0.1, 0.15) is 55.4 Å². The highest BCUT2D eigenvalue weighted by Gasteiger charge is 2.12. The van der Waals surface area contributed by atoms with E-state index >= 15 is 0 Å². The smallest absolute Gasteiger partial charge is 0.269 e. The topological polar surface area (TPSA) is 57.3 Å². The van der Waals surface area contributed by atoms with Gasteiger partial charge in [-0.15, -0.1) is 0 Å². The minimum absolute atomic E-state index is 0.108. The summed E-state index contributed by atoms with van der Waals surface area (Å²) in [6.07, 6.45) is 12.5. The van der Waals surface area contributed by atoms with Crippen LogP contribution in [0.2, 0.25) is 0 Å². The van der Waals surface area contributed by atoms with Crippen LogP contribution in [0, 0.1) is 0 Å². The first-order valence-corrected chi connectivity index (χ1v) is 10.8. The van der Waals surface area contributed by atoms with Crippen LogP contribution in [0.4, 0.5) is 17.1 Å². The van der Waals surface area contributed by atoms with Crippen molar-refractivity contribution in [1.29, 1.82) is 0 Å². The number of hydrogen-bond donors (Lipinski definition) is 2. The van der Waals surface area contributed by atoms with Gasteiger partial charge >= 0.3 is 0 Å². The van der Waals surface area contributed by atoms with E-state index in [9.17, 15) is 4.79 Å². The summed E-state index contributed by atoms with van der Waals surface area (Å²) in [6, 6.07) is 12.2. The molecule has 1 aliphatic carbocycles. The third kappa shape index (κ3) is 5.37. The van der Waals surface area contributed by atoms with E-state index in [-0.39, 0.29) is 5.91 Å². The summed E-state index contributed by atoms with van der Waals surface area (Å²) in [4.78, 5) is 19.0. The lowest BCUT2D eigenvalue weighted by atomic mass is 9.97. The summed E-state index contributed by atoms with van der Waals surface area (Å²) < 4.78 is 0. The third-order valence-electron chi connectivity index (χ3n) is 5.74. The second-order valence-corrected chi connectivity index (χ2v) is 7.91. The Morgan fingerprint density at radius 2 is 1.76 bits per heavy atom. The number of carbonyl (C=O) groups is 1. The van der Waals surface area contributed by atoms with E-state index in [2.05, 4.69) is 50.9 Å². The molecule has 29 heavy (non-hydrogen) atoms. The van der Waals surface area contributed by atoms with Gasteiger partial charge in [-0.25, -0.2) is 4.98 Å². The number of carbonyl (C=O) groups excluding carboxylic acids is 1. The van der Waals surface area contributed by atoms with Crippen LogP contribution in [0.15, 0.2) is 54.2 Å². The first kappa shape index (κ1) is 19.5. The number of pyridine rings is 1. The number of aromatic nitrogens is 1. The Morgan fingerprint density at radius 3 is 2.45 bits per heavy atom. The Balaban J connectivity index is 1.27. The van der Waals surface area contributed by atoms with Gasteiger partial charge in [-0.1, -0.05) is 11.6 Å². The molecule has 2 heterocycles. The lowest BCUT2D eigenvalue weighted by Crippen LogP contribution is -2.25. The predicted octanol–water partition coefficient (Wildman–Crippen LogP) is 5.05. The van der Waals surface area contributed by atoms with Crippen molar-refractivity contribution in [3.05, 3.63) is 59.9 Å². The number of allylic oxidation sites excluding steroid dienone is 1. The van der Waals surface area contributed by atoms with Gasteiger partial charge < -0.3 is 15.5 Å². The molecule has 0 atom stereocenters. The SMILES string of the molecule is O=C(NCCC1=CCCCC1)c1ccc(Nc2ccc(N3CCCC3)cc2)cn1. The summed E-state index contributed by atoms with van der Waals surface area (Å²) in [5, 5.41) is 6.33. The fourth-order valence-corrected chi connectivity index (χ4v) is 4.06.